The Balaban J connectivity index is 1.75. The summed E-state index contributed by atoms with van der Waals surface area (Å²) in [6.07, 6.45) is 12.5. The van der Waals surface area contributed by atoms with Crippen molar-refractivity contribution >= 4 is 48.5 Å². The van der Waals surface area contributed by atoms with Gasteiger partial charge in [0.2, 0.25) is 8.32 Å². The van der Waals surface area contributed by atoms with Crippen molar-refractivity contribution in [1.29, 1.82) is 0 Å². The second kappa shape index (κ2) is 25.1. The molecular weight excluding hydrogens is 945 g/mol. The van der Waals surface area contributed by atoms with E-state index in [0.717, 1.165) is 37.7 Å². The SMILES string of the molecule is CO[C@@]1(C[C@@H]2C/C(=C/CO[Si](C(C)C)(C(C)C)C(C)C)C[C@H](/C=C/C(C)(C)C3SCCCS3)O2)OC(C[C@H](CCO[Si](C)(C)C(C)(C)C)O[Si](C)(C)C(C)(C)C)C[C@H](OCc2ccccc2)C1(C)C. The monoisotopic (exact) mass is 1050 g/mol. The third-order valence-corrected chi connectivity index (χ3v) is 36.0. The molecule has 6 atom stereocenters. The van der Waals surface area contributed by atoms with Gasteiger partial charge >= 0.3 is 0 Å². The van der Waals surface area contributed by atoms with Crippen molar-refractivity contribution in [2.75, 3.05) is 31.8 Å². The Morgan fingerprint density at radius 1 is 0.797 bits per heavy atom. The van der Waals surface area contributed by atoms with E-state index in [1.54, 1.807) is 0 Å². The van der Waals surface area contributed by atoms with Crippen LogP contribution in [0, 0.1) is 10.8 Å². The van der Waals surface area contributed by atoms with Crippen molar-refractivity contribution in [1.82, 2.24) is 0 Å². The fourth-order valence-electron chi connectivity index (χ4n) is 10.8. The maximum absolute atomic E-state index is 7.58. The van der Waals surface area contributed by atoms with E-state index in [0.29, 0.717) is 47.4 Å². The van der Waals surface area contributed by atoms with Gasteiger partial charge in [-0.2, -0.15) is 0 Å². The number of hydrogen-bond acceptors (Lipinski definition) is 9. The Morgan fingerprint density at radius 3 is 1.94 bits per heavy atom. The molecule has 3 aliphatic heterocycles. The van der Waals surface area contributed by atoms with Gasteiger partial charge < -0.3 is 32.2 Å². The maximum atomic E-state index is 7.58. The van der Waals surface area contributed by atoms with E-state index in [1.165, 1.54) is 23.5 Å². The molecular formula is C57H104O7S2Si3. The van der Waals surface area contributed by atoms with Gasteiger partial charge in [-0.15, -0.1) is 23.5 Å². The number of ether oxygens (including phenoxy) is 4. The van der Waals surface area contributed by atoms with Crippen molar-refractivity contribution in [3.63, 3.8) is 0 Å². The van der Waals surface area contributed by atoms with Crippen LogP contribution in [-0.4, -0.2) is 97.7 Å². The summed E-state index contributed by atoms with van der Waals surface area (Å²) in [6.45, 7) is 48.8. The summed E-state index contributed by atoms with van der Waals surface area (Å²) < 4.78 is 50.7. The molecule has 7 nitrogen and oxygen atoms in total. The van der Waals surface area contributed by atoms with Crippen molar-refractivity contribution in [3.05, 3.63) is 59.7 Å². The highest BCUT2D eigenvalue weighted by atomic mass is 32.2. The van der Waals surface area contributed by atoms with Crippen LogP contribution < -0.4 is 0 Å². The molecule has 1 aromatic rings. The van der Waals surface area contributed by atoms with Crippen molar-refractivity contribution < 1.29 is 32.2 Å². The lowest BCUT2D eigenvalue weighted by Gasteiger charge is -2.56. The zero-order valence-electron chi connectivity index (χ0n) is 48.0. The van der Waals surface area contributed by atoms with Gasteiger partial charge in [0.05, 0.1) is 42.2 Å². The fraction of sp³-hybridized carbons (Fsp3) is 0.825. The molecule has 12 heteroatoms. The number of hydrogen-bond donors (Lipinski definition) is 0. The third-order valence-electron chi connectivity index (χ3n) is 17.2. The molecule has 0 saturated carbocycles. The Morgan fingerprint density at radius 2 is 1.39 bits per heavy atom. The fourth-order valence-corrected chi connectivity index (χ4v) is 21.8. The van der Waals surface area contributed by atoms with Gasteiger partial charge in [0.25, 0.3) is 0 Å². The molecule has 4 rings (SSSR count). The Bertz CT molecular complexity index is 1740. The molecule has 3 heterocycles. The van der Waals surface area contributed by atoms with Gasteiger partial charge in [-0.1, -0.05) is 165 Å². The summed E-state index contributed by atoms with van der Waals surface area (Å²) in [5.41, 5.74) is 3.66. The van der Waals surface area contributed by atoms with E-state index in [1.807, 2.05) is 7.11 Å². The summed E-state index contributed by atoms with van der Waals surface area (Å²) in [7, 11) is -4.34. The van der Waals surface area contributed by atoms with E-state index in [-0.39, 0.29) is 46.0 Å². The van der Waals surface area contributed by atoms with E-state index in [2.05, 4.69) is 209 Å². The first-order valence-corrected chi connectivity index (χ1v) is 37.0. The van der Waals surface area contributed by atoms with Gasteiger partial charge in [0.15, 0.2) is 22.4 Å². The average Bonchev–Trinajstić information content (AvgIpc) is 3.24. The summed E-state index contributed by atoms with van der Waals surface area (Å²) in [5, 5.41) is 0.191. The molecule has 0 aliphatic carbocycles. The topological polar surface area (TPSA) is 64.6 Å². The smallest absolute Gasteiger partial charge is 0.200 e. The maximum Gasteiger partial charge on any atom is 0.200 e. The molecule has 3 aliphatic rings. The molecule has 0 amide bonds. The minimum absolute atomic E-state index is 0.0353. The summed E-state index contributed by atoms with van der Waals surface area (Å²) >= 11 is 4.22. The van der Waals surface area contributed by atoms with Crippen molar-refractivity contribution in [2.24, 2.45) is 10.8 Å². The van der Waals surface area contributed by atoms with Gasteiger partial charge in [0.1, 0.15) is 0 Å². The normalized spacial score (nSPS) is 26.2. The highest BCUT2D eigenvalue weighted by Crippen LogP contribution is 2.52. The zero-order valence-corrected chi connectivity index (χ0v) is 52.6. The number of methoxy groups -OCH3 is 1. The molecule has 3 saturated heterocycles. The average molecular weight is 1050 g/mol. The van der Waals surface area contributed by atoms with Gasteiger partial charge in [-0.3, -0.25) is 0 Å². The first kappa shape index (κ1) is 61.3. The number of thioether (sulfide) groups is 2. The number of allylic oxidation sites excluding steroid dienone is 1. The largest absolute Gasteiger partial charge is 0.417 e. The van der Waals surface area contributed by atoms with Crippen molar-refractivity contribution in [2.45, 2.75) is 256 Å². The van der Waals surface area contributed by atoms with Gasteiger partial charge in [0, 0.05) is 43.5 Å². The first-order chi connectivity index (χ1) is 31.8. The second-order valence-electron chi connectivity index (χ2n) is 26.1. The Hall–Kier alpha value is -0.229. The number of rotatable bonds is 23. The predicted octanol–water partition coefficient (Wildman–Crippen LogP) is 16.8. The van der Waals surface area contributed by atoms with E-state index in [4.69, 9.17) is 32.2 Å². The molecule has 0 N–H and O–H groups in total. The summed E-state index contributed by atoms with van der Waals surface area (Å²) in [6, 6.07) is 10.6. The van der Waals surface area contributed by atoms with Crippen LogP contribution in [0.2, 0.25) is 52.9 Å². The molecule has 0 radical (unpaired) electrons. The van der Waals surface area contributed by atoms with E-state index < -0.39 is 36.2 Å². The van der Waals surface area contributed by atoms with Gasteiger partial charge in [-0.25, -0.2) is 0 Å². The minimum atomic E-state index is -2.16. The molecule has 1 unspecified atom stereocenters. The van der Waals surface area contributed by atoms with Crippen LogP contribution in [0.25, 0.3) is 0 Å². The van der Waals surface area contributed by atoms with Crippen LogP contribution >= 0.6 is 23.5 Å². The molecule has 0 spiro atoms. The van der Waals surface area contributed by atoms with E-state index in [9.17, 15) is 0 Å². The molecule has 1 aromatic carbocycles. The highest BCUT2D eigenvalue weighted by molar-refractivity contribution is 8.17. The van der Waals surface area contributed by atoms with Crippen LogP contribution in [0.3, 0.4) is 0 Å². The Kier molecular flexibility index (Phi) is 22.3. The molecule has 398 valence electrons. The number of benzene rings is 1. The predicted molar refractivity (Wildman–Crippen MR) is 306 cm³/mol. The molecule has 0 bridgehead atoms. The lowest BCUT2D eigenvalue weighted by Crippen LogP contribution is -2.63. The second-order valence-corrected chi connectivity index (χ2v) is 43.8. The quantitative estimate of drug-likeness (QED) is 0.0788. The van der Waals surface area contributed by atoms with Gasteiger partial charge in [-0.05, 0) is 102 Å². The van der Waals surface area contributed by atoms with Crippen molar-refractivity contribution in [3.8, 4) is 0 Å². The van der Waals surface area contributed by atoms with Crippen LogP contribution in [0.4, 0.5) is 0 Å². The van der Waals surface area contributed by atoms with Crippen LogP contribution in [0.15, 0.2) is 54.1 Å². The molecule has 3 fully saturated rings. The summed E-state index contributed by atoms with van der Waals surface area (Å²) in [5.74, 6) is 1.47. The Labute approximate surface area is 436 Å². The third kappa shape index (κ3) is 15.9. The van der Waals surface area contributed by atoms with Crippen LogP contribution in [-0.2, 0) is 38.8 Å². The van der Waals surface area contributed by atoms with Crippen LogP contribution in [0.1, 0.15) is 161 Å². The lowest BCUT2D eigenvalue weighted by atomic mass is 9.70. The summed E-state index contributed by atoms with van der Waals surface area (Å²) in [4.78, 5) is 0. The minimum Gasteiger partial charge on any atom is -0.417 e. The van der Waals surface area contributed by atoms with E-state index >= 15 is 0 Å². The molecule has 69 heavy (non-hydrogen) atoms. The van der Waals surface area contributed by atoms with Crippen LogP contribution in [0.5, 0.6) is 0 Å². The standard InChI is InChI=1S/C57H104O7S2Si3/c1-42(2)69(43(3)4,44(5)6)61-32-29-46-36-47(28-31-55(13,14)52-65-34-25-35-66-52)62-50(37-46)40-57(58-17)56(15,16)51(59-41-45-26-23-22-24-27-45)39-49(63-57)38-48(64-68(20,21)54(10,11)12)30-33-60-67(18,19)53(7,8)9/h22-24,26-29,31,42-44,47-52H,25,30,32-41H2,1-21H3/b31-28+,46-29+/t47-,48-,49?,50-,51-,57-/m0/s1. The zero-order chi connectivity index (χ0) is 51.9. The molecule has 0 aromatic heterocycles. The lowest BCUT2D eigenvalue weighted by molar-refractivity contribution is -0.362. The highest BCUT2D eigenvalue weighted by Gasteiger charge is 2.59. The first-order valence-electron chi connectivity index (χ1n) is 26.9.